The fourth-order valence-electron chi connectivity index (χ4n) is 3.52. The van der Waals surface area contributed by atoms with Crippen LogP contribution in [0, 0.1) is 0 Å². The molecule has 108 valence electrons. The van der Waals surface area contributed by atoms with Crippen molar-refractivity contribution in [2.24, 2.45) is 0 Å². The zero-order chi connectivity index (χ0) is 14.4. The Kier molecular flexibility index (Phi) is 2.86. The van der Waals surface area contributed by atoms with Crippen molar-refractivity contribution in [3.05, 3.63) is 53.2 Å². The van der Waals surface area contributed by atoms with Gasteiger partial charge in [-0.05, 0) is 41.9 Å². The minimum Gasteiger partial charge on any atom is -0.508 e. The Morgan fingerprint density at radius 3 is 3.00 bits per heavy atom. The Bertz CT molecular complexity index is 685. The molecule has 1 atom stereocenters. The molecule has 0 amide bonds. The fourth-order valence-corrected chi connectivity index (χ4v) is 3.52. The second-order valence-electron chi connectivity index (χ2n) is 6.02. The van der Waals surface area contributed by atoms with Crippen molar-refractivity contribution in [2.45, 2.75) is 12.5 Å². The molecule has 2 aromatic rings. The molecule has 0 aliphatic carbocycles. The monoisotopic (exact) mass is 281 g/mol. The Morgan fingerprint density at radius 2 is 2.10 bits per heavy atom. The molecule has 0 saturated carbocycles. The van der Waals surface area contributed by atoms with Crippen LogP contribution in [0.3, 0.4) is 0 Å². The van der Waals surface area contributed by atoms with Crippen molar-refractivity contribution in [3.8, 4) is 5.75 Å². The van der Waals surface area contributed by atoms with Crippen molar-refractivity contribution in [1.29, 1.82) is 0 Å². The number of phenolic OH excluding ortho intramolecular Hbond substituents is 1. The van der Waals surface area contributed by atoms with E-state index in [2.05, 4.69) is 34.0 Å². The summed E-state index contributed by atoms with van der Waals surface area (Å²) >= 11 is 0. The number of hydrogen-bond donors (Lipinski definition) is 1. The molecular weight excluding hydrogens is 262 g/mol. The second-order valence-corrected chi connectivity index (χ2v) is 6.02. The largest absolute Gasteiger partial charge is 0.508 e. The van der Waals surface area contributed by atoms with E-state index >= 15 is 0 Å². The first-order chi connectivity index (χ1) is 10.2. The lowest BCUT2D eigenvalue weighted by molar-refractivity contribution is 0.268. The van der Waals surface area contributed by atoms with Crippen LogP contribution in [0.25, 0.3) is 0 Å². The number of piperazine rings is 1. The van der Waals surface area contributed by atoms with Gasteiger partial charge in [0.25, 0.3) is 0 Å². The molecule has 1 fully saturated rings. The van der Waals surface area contributed by atoms with Gasteiger partial charge in [0.05, 0.1) is 6.04 Å². The lowest BCUT2D eigenvalue weighted by Gasteiger charge is -2.41. The lowest BCUT2D eigenvalue weighted by atomic mass is 9.96. The minimum atomic E-state index is 0.266. The first-order valence-corrected chi connectivity index (χ1v) is 7.43. The molecule has 4 nitrogen and oxygen atoms in total. The van der Waals surface area contributed by atoms with Crippen molar-refractivity contribution in [3.63, 3.8) is 0 Å². The highest BCUT2D eigenvalue weighted by Crippen LogP contribution is 2.38. The Hall–Kier alpha value is -2.07. The predicted octanol–water partition coefficient (Wildman–Crippen LogP) is 2.18. The van der Waals surface area contributed by atoms with Crippen LogP contribution >= 0.6 is 0 Å². The molecule has 21 heavy (non-hydrogen) atoms. The molecular formula is C17H19N3O. The molecule has 0 bridgehead atoms. The zero-order valence-corrected chi connectivity index (χ0v) is 12.2. The number of aromatic hydroxyl groups is 1. The van der Waals surface area contributed by atoms with E-state index in [1.54, 1.807) is 6.07 Å². The van der Waals surface area contributed by atoms with Crippen molar-refractivity contribution in [1.82, 2.24) is 9.88 Å². The summed E-state index contributed by atoms with van der Waals surface area (Å²) in [5.74, 6) is 1.45. The van der Waals surface area contributed by atoms with E-state index in [-0.39, 0.29) is 6.04 Å². The summed E-state index contributed by atoms with van der Waals surface area (Å²) in [6.45, 7) is 2.98. The number of nitrogens with zero attached hydrogens (tertiary/aromatic N) is 3. The fraction of sp³-hybridized carbons (Fsp3) is 0.353. The van der Waals surface area contributed by atoms with Gasteiger partial charge in [-0.25, -0.2) is 4.98 Å². The summed E-state index contributed by atoms with van der Waals surface area (Å²) in [5, 5.41) is 9.91. The van der Waals surface area contributed by atoms with Gasteiger partial charge in [0, 0.05) is 32.3 Å². The van der Waals surface area contributed by atoms with Crippen LogP contribution in [0.15, 0.2) is 36.5 Å². The molecule has 2 aliphatic rings. The maximum Gasteiger partial charge on any atom is 0.132 e. The molecule has 1 N–H and O–H groups in total. The Labute approximate surface area is 124 Å². The number of likely N-dealkylation sites (N-methyl/N-ethyl adjacent to an activating group) is 1. The summed E-state index contributed by atoms with van der Waals surface area (Å²) in [7, 11) is 2.16. The van der Waals surface area contributed by atoms with Crippen LogP contribution in [-0.4, -0.2) is 41.7 Å². The van der Waals surface area contributed by atoms with Crippen molar-refractivity contribution >= 4 is 5.82 Å². The third kappa shape index (κ3) is 2.07. The predicted molar refractivity (Wildman–Crippen MR) is 82.7 cm³/mol. The third-order valence-electron chi connectivity index (χ3n) is 4.59. The minimum absolute atomic E-state index is 0.266. The maximum absolute atomic E-state index is 9.91. The topological polar surface area (TPSA) is 39.6 Å². The molecule has 1 aromatic carbocycles. The van der Waals surface area contributed by atoms with Crippen LogP contribution in [0.4, 0.5) is 5.82 Å². The number of hydrogen-bond acceptors (Lipinski definition) is 4. The van der Waals surface area contributed by atoms with Gasteiger partial charge in [-0.15, -0.1) is 0 Å². The number of aromatic nitrogens is 1. The molecule has 4 rings (SSSR count). The summed E-state index contributed by atoms with van der Waals surface area (Å²) in [6, 6.07) is 10.2. The summed E-state index contributed by atoms with van der Waals surface area (Å²) in [6.07, 6.45) is 2.76. The van der Waals surface area contributed by atoms with Crippen LogP contribution < -0.4 is 4.90 Å². The van der Waals surface area contributed by atoms with E-state index in [1.807, 2.05) is 18.3 Å². The summed E-state index contributed by atoms with van der Waals surface area (Å²) in [4.78, 5) is 9.39. The quantitative estimate of drug-likeness (QED) is 0.803. The molecule has 0 spiro atoms. The van der Waals surface area contributed by atoms with Gasteiger partial charge < -0.3 is 14.9 Å². The number of pyridine rings is 1. The van der Waals surface area contributed by atoms with Crippen LogP contribution in [0.1, 0.15) is 22.7 Å². The van der Waals surface area contributed by atoms with Crippen LogP contribution in [0.5, 0.6) is 5.75 Å². The Morgan fingerprint density at radius 1 is 1.19 bits per heavy atom. The molecule has 3 heterocycles. The van der Waals surface area contributed by atoms with Crippen molar-refractivity contribution < 1.29 is 5.11 Å². The standard InChI is InChI=1S/C17H19N3O/c1-19-7-8-20-16(11-19)15-10-14(21)5-4-12(15)9-13-3-2-6-18-17(13)20/h2-6,10,16,21H,7-9,11H2,1H3. The molecule has 1 saturated heterocycles. The molecule has 0 radical (unpaired) electrons. The highest BCUT2D eigenvalue weighted by atomic mass is 16.3. The average molecular weight is 281 g/mol. The number of benzene rings is 1. The first-order valence-electron chi connectivity index (χ1n) is 7.43. The third-order valence-corrected chi connectivity index (χ3v) is 4.59. The van der Waals surface area contributed by atoms with Gasteiger partial charge >= 0.3 is 0 Å². The zero-order valence-electron chi connectivity index (χ0n) is 12.2. The van der Waals surface area contributed by atoms with Gasteiger partial charge in [-0.3, -0.25) is 0 Å². The summed E-state index contributed by atoms with van der Waals surface area (Å²) in [5.41, 5.74) is 3.81. The smallest absolute Gasteiger partial charge is 0.132 e. The van der Waals surface area contributed by atoms with E-state index in [1.165, 1.54) is 16.7 Å². The number of rotatable bonds is 0. The van der Waals surface area contributed by atoms with Gasteiger partial charge in [-0.1, -0.05) is 12.1 Å². The molecule has 2 aliphatic heterocycles. The molecule has 4 heteroatoms. The van der Waals surface area contributed by atoms with E-state index in [0.29, 0.717) is 5.75 Å². The second kappa shape index (κ2) is 4.74. The van der Waals surface area contributed by atoms with E-state index in [0.717, 1.165) is 31.9 Å². The van der Waals surface area contributed by atoms with Gasteiger partial charge in [0.2, 0.25) is 0 Å². The SMILES string of the molecule is CN1CCN2c3ncccc3Cc3ccc(O)cc3C2C1. The van der Waals surface area contributed by atoms with Gasteiger partial charge in [0.15, 0.2) is 0 Å². The average Bonchev–Trinajstić information content (AvgIpc) is 2.62. The van der Waals surface area contributed by atoms with Gasteiger partial charge in [-0.2, -0.15) is 0 Å². The Balaban J connectivity index is 1.91. The van der Waals surface area contributed by atoms with Crippen molar-refractivity contribution in [2.75, 3.05) is 31.6 Å². The molecule has 1 aromatic heterocycles. The van der Waals surface area contributed by atoms with E-state index in [9.17, 15) is 5.11 Å². The molecule has 1 unspecified atom stereocenters. The summed E-state index contributed by atoms with van der Waals surface area (Å²) < 4.78 is 0. The number of phenols is 1. The number of anilines is 1. The maximum atomic E-state index is 9.91. The normalized spacial score (nSPS) is 21.2. The number of fused-ring (bicyclic) bond motifs is 5. The lowest BCUT2D eigenvalue weighted by Crippen LogP contribution is -2.47. The highest BCUT2D eigenvalue weighted by molar-refractivity contribution is 5.57. The highest BCUT2D eigenvalue weighted by Gasteiger charge is 2.33. The first kappa shape index (κ1) is 12.7. The van der Waals surface area contributed by atoms with E-state index in [4.69, 9.17) is 0 Å². The van der Waals surface area contributed by atoms with Crippen LogP contribution in [0.2, 0.25) is 0 Å². The van der Waals surface area contributed by atoms with E-state index < -0.39 is 0 Å². The van der Waals surface area contributed by atoms with Gasteiger partial charge in [0.1, 0.15) is 11.6 Å². The van der Waals surface area contributed by atoms with Crippen LogP contribution in [-0.2, 0) is 6.42 Å².